The van der Waals surface area contributed by atoms with E-state index in [9.17, 15) is 4.79 Å². The minimum absolute atomic E-state index is 0.0330. The molecule has 0 aliphatic carbocycles. The minimum atomic E-state index is -0.101. The molecule has 0 bridgehead atoms. The molecule has 0 fully saturated rings. The molecule has 0 aliphatic rings. The maximum absolute atomic E-state index is 12.2. The van der Waals surface area contributed by atoms with Gasteiger partial charge in [-0.2, -0.15) is 0 Å². The number of hydrogen-bond acceptors (Lipinski definition) is 4. The highest BCUT2D eigenvalue weighted by molar-refractivity contribution is 7.09. The van der Waals surface area contributed by atoms with Crippen LogP contribution in [0.5, 0.6) is 5.75 Å². The Morgan fingerprint density at radius 3 is 2.55 bits per heavy atom. The molecule has 3 rings (SSSR count). The monoisotopic (exact) mass is 408 g/mol. The summed E-state index contributed by atoms with van der Waals surface area (Å²) in [4.78, 5) is 16.7. The van der Waals surface area contributed by atoms with Gasteiger partial charge >= 0.3 is 0 Å². The van der Waals surface area contributed by atoms with Crippen molar-refractivity contribution in [2.45, 2.75) is 40.0 Å². The van der Waals surface area contributed by atoms with Gasteiger partial charge in [-0.15, -0.1) is 11.3 Å². The fraction of sp³-hybridized carbons (Fsp3) is 0.333. The van der Waals surface area contributed by atoms with E-state index in [4.69, 9.17) is 4.74 Å². The molecule has 0 saturated heterocycles. The van der Waals surface area contributed by atoms with Gasteiger partial charge in [0.25, 0.3) is 5.91 Å². The van der Waals surface area contributed by atoms with Gasteiger partial charge in [0.1, 0.15) is 5.75 Å². The van der Waals surface area contributed by atoms with Crippen LogP contribution in [-0.4, -0.2) is 24.0 Å². The van der Waals surface area contributed by atoms with Crippen LogP contribution in [-0.2, 0) is 11.2 Å². The molecule has 5 heteroatoms. The molecular weight excluding hydrogens is 380 g/mol. The van der Waals surface area contributed by atoms with E-state index in [2.05, 4.69) is 65.9 Å². The molecule has 0 radical (unpaired) electrons. The van der Waals surface area contributed by atoms with Gasteiger partial charge in [-0.05, 0) is 48.9 Å². The first-order valence-corrected chi connectivity index (χ1v) is 10.8. The largest absolute Gasteiger partial charge is 0.483 e. The van der Waals surface area contributed by atoms with Crippen molar-refractivity contribution in [3.05, 3.63) is 69.5 Å². The first-order valence-electron chi connectivity index (χ1n) is 9.94. The normalized spacial score (nSPS) is 10.9. The number of aromatic nitrogens is 1. The molecule has 0 atom stereocenters. The van der Waals surface area contributed by atoms with Crippen LogP contribution >= 0.6 is 11.3 Å². The SMILES string of the molecule is Cc1ccc(C(C)C)c(OCC(=O)NCCc2ccc(-c3csc(C)n3)cc2)c1. The van der Waals surface area contributed by atoms with Gasteiger partial charge in [0.2, 0.25) is 0 Å². The van der Waals surface area contributed by atoms with E-state index >= 15 is 0 Å². The Labute approximate surface area is 177 Å². The van der Waals surface area contributed by atoms with Gasteiger partial charge in [-0.1, -0.05) is 50.2 Å². The molecule has 0 unspecified atom stereocenters. The summed E-state index contributed by atoms with van der Waals surface area (Å²) in [6, 6.07) is 14.5. The summed E-state index contributed by atoms with van der Waals surface area (Å²) in [5.74, 6) is 1.05. The van der Waals surface area contributed by atoms with Crippen LogP contribution in [0.2, 0.25) is 0 Å². The van der Waals surface area contributed by atoms with Crippen molar-refractivity contribution in [1.82, 2.24) is 10.3 Å². The first kappa shape index (κ1) is 21.1. The summed E-state index contributed by atoms with van der Waals surface area (Å²) in [6.07, 6.45) is 0.782. The quantitative estimate of drug-likeness (QED) is 0.551. The highest BCUT2D eigenvalue weighted by Crippen LogP contribution is 2.27. The van der Waals surface area contributed by atoms with Gasteiger partial charge in [-0.25, -0.2) is 4.98 Å². The van der Waals surface area contributed by atoms with Gasteiger partial charge in [0.15, 0.2) is 6.61 Å². The van der Waals surface area contributed by atoms with Crippen LogP contribution < -0.4 is 10.1 Å². The van der Waals surface area contributed by atoms with Crippen molar-refractivity contribution in [1.29, 1.82) is 0 Å². The zero-order valence-corrected chi connectivity index (χ0v) is 18.3. The summed E-state index contributed by atoms with van der Waals surface area (Å²) in [6.45, 7) is 8.90. The number of rotatable bonds is 8. The summed E-state index contributed by atoms with van der Waals surface area (Å²) >= 11 is 1.66. The Hall–Kier alpha value is -2.66. The summed E-state index contributed by atoms with van der Waals surface area (Å²) in [7, 11) is 0. The van der Waals surface area contributed by atoms with Crippen LogP contribution in [0.3, 0.4) is 0 Å². The Morgan fingerprint density at radius 1 is 1.14 bits per heavy atom. The van der Waals surface area contributed by atoms with E-state index in [1.807, 2.05) is 19.9 Å². The average molecular weight is 409 g/mol. The van der Waals surface area contributed by atoms with Crippen molar-refractivity contribution < 1.29 is 9.53 Å². The van der Waals surface area contributed by atoms with E-state index in [0.29, 0.717) is 12.5 Å². The molecule has 0 spiro atoms. The summed E-state index contributed by atoms with van der Waals surface area (Å²) < 4.78 is 5.79. The lowest BCUT2D eigenvalue weighted by Crippen LogP contribution is -2.30. The molecule has 1 aromatic heterocycles. The lowest BCUT2D eigenvalue weighted by Gasteiger charge is -2.15. The third-order valence-corrected chi connectivity index (χ3v) is 5.53. The first-order chi connectivity index (χ1) is 13.9. The van der Waals surface area contributed by atoms with Crippen LogP contribution in [0.15, 0.2) is 47.8 Å². The van der Waals surface area contributed by atoms with Crippen LogP contribution in [0.4, 0.5) is 0 Å². The number of ether oxygens (including phenoxy) is 1. The molecule has 152 valence electrons. The van der Waals surface area contributed by atoms with Crippen molar-refractivity contribution in [2.75, 3.05) is 13.2 Å². The van der Waals surface area contributed by atoms with Crippen LogP contribution in [0.1, 0.15) is 41.5 Å². The zero-order chi connectivity index (χ0) is 20.8. The van der Waals surface area contributed by atoms with E-state index in [0.717, 1.165) is 39.6 Å². The number of amides is 1. The molecular formula is C24H28N2O2S. The van der Waals surface area contributed by atoms with Gasteiger partial charge < -0.3 is 10.1 Å². The predicted octanol–water partition coefficient (Wildman–Crippen LogP) is 5.29. The number of nitrogens with one attached hydrogen (secondary N) is 1. The molecule has 2 aromatic carbocycles. The molecule has 29 heavy (non-hydrogen) atoms. The van der Waals surface area contributed by atoms with E-state index in [1.165, 1.54) is 5.56 Å². The van der Waals surface area contributed by atoms with Crippen LogP contribution in [0, 0.1) is 13.8 Å². The smallest absolute Gasteiger partial charge is 0.257 e. The fourth-order valence-electron chi connectivity index (χ4n) is 3.12. The van der Waals surface area contributed by atoms with E-state index < -0.39 is 0 Å². The second-order valence-corrected chi connectivity index (χ2v) is 8.60. The molecule has 1 heterocycles. The van der Waals surface area contributed by atoms with E-state index in [1.54, 1.807) is 11.3 Å². The Balaban J connectivity index is 1.46. The average Bonchev–Trinajstić information content (AvgIpc) is 3.13. The topological polar surface area (TPSA) is 51.2 Å². The minimum Gasteiger partial charge on any atom is -0.483 e. The Bertz CT molecular complexity index is 961. The second kappa shape index (κ2) is 9.70. The standard InChI is InChI=1S/C24H28N2O2S/c1-16(2)21-10-5-17(3)13-23(21)28-14-24(27)25-12-11-19-6-8-20(9-7-19)22-15-29-18(4)26-22/h5-10,13,15-16H,11-12,14H2,1-4H3,(H,25,27). The maximum Gasteiger partial charge on any atom is 0.257 e. The third-order valence-electron chi connectivity index (χ3n) is 4.75. The van der Waals surface area contributed by atoms with Crippen LogP contribution in [0.25, 0.3) is 11.3 Å². The molecule has 1 amide bonds. The molecule has 0 aliphatic heterocycles. The fourth-order valence-corrected chi connectivity index (χ4v) is 3.74. The lowest BCUT2D eigenvalue weighted by molar-refractivity contribution is -0.123. The van der Waals surface area contributed by atoms with Gasteiger partial charge in [0, 0.05) is 17.5 Å². The zero-order valence-electron chi connectivity index (χ0n) is 17.5. The molecule has 3 aromatic rings. The number of nitrogens with zero attached hydrogens (tertiary/aromatic N) is 1. The predicted molar refractivity (Wildman–Crippen MR) is 120 cm³/mol. The molecule has 1 N–H and O–H groups in total. The number of carbonyl (C=O) groups excluding carboxylic acids is 1. The Kier molecular flexibility index (Phi) is 7.04. The summed E-state index contributed by atoms with van der Waals surface area (Å²) in [5.41, 5.74) is 5.57. The number of carbonyl (C=O) groups is 1. The number of benzene rings is 2. The Morgan fingerprint density at radius 2 is 1.90 bits per heavy atom. The maximum atomic E-state index is 12.2. The third kappa shape index (κ3) is 5.91. The molecule has 4 nitrogen and oxygen atoms in total. The highest BCUT2D eigenvalue weighted by Gasteiger charge is 2.10. The number of hydrogen-bond donors (Lipinski definition) is 1. The highest BCUT2D eigenvalue weighted by atomic mass is 32.1. The summed E-state index contributed by atoms with van der Waals surface area (Å²) in [5, 5.41) is 6.08. The van der Waals surface area contributed by atoms with Crippen molar-refractivity contribution >= 4 is 17.2 Å². The van der Waals surface area contributed by atoms with E-state index in [-0.39, 0.29) is 12.5 Å². The van der Waals surface area contributed by atoms with Gasteiger partial charge in [0.05, 0.1) is 10.7 Å². The molecule has 0 saturated carbocycles. The number of thiazole rings is 1. The second-order valence-electron chi connectivity index (χ2n) is 7.53. The van der Waals surface area contributed by atoms with Crippen molar-refractivity contribution in [3.8, 4) is 17.0 Å². The van der Waals surface area contributed by atoms with Crippen molar-refractivity contribution in [2.24, 2.45) is 0 Å². The van der Waals surface area contributed by atoms with Gasteiger partial charge in [-0.3, -0.25) is 4.79 Å². The van der Waals surface area contributed by atoms with Crippen molar-refractivity contribution in [3.63, 3.8) is 0 Å². The lowest BCUT2D eigenvalue weighted by atomic mass is 10.0. The number of aryl methyl sites for hydroxylation is 2.